The minimum absolute atomic E-state index is 0.00968. The third-order valence-electron chi connectivity index (χ3n) is 4.19. The van der Waals surface area contributed by atoms with Gasteiger partial charge in [-0.25, -0.2) is 4.98 Å². The SMILES string of the molecule is CONC(CC(=O)c1ccc(C)cc1)C(=O)c1ccc2ccccc2n1. The van der Waals surface area contributed by atoms with Gasteiger partial charge in [0, 0.05) is 17.4 Å². The summed E-state index contributed by atoms with van der Waals surface area (Å²) in [7, 11) is 1.42. The van der Waals surface area contributed by atoms with E-state index in [1.807, 2.05) is 49.4 Å². The van der Waals surface area contributed by atoms with Crippen LogP contribution < -0.4 is 5.48 Å². The molecule has 0 saturated carbocycles. The average Bonchev–Trinajstić information content (AvgIpc) is 2.67. The van der Waals surface area contributed by atoms with E-state index < -0.39 is 6.04 Å². The molecule has 5 nitrogen and oxygen atoms in total. The zero-order valence-corrected chi connectivity index (χ0v) is 14.7. The molecule has 1 heterocycles. The second-order valence-corrected chi connectivity index (χ2v) is 6.12. The van der Waals surface area contributed by atoms with Gasteiger partial charge in [0.05, 0.1) is 12.6 Å². The number of aryl methyl sites for hydroxylation is 1. The number of pyridine rings is 1. The van der Waals surface area contributed by atoms with Crippen molar-refractivity contribution in [2.24, 2.45) is 0 Å². The molecule has 26 heavy (non-hydrogen) atoms. The van der Waals surface area contributed by atoms with E-state index in [2.05, 4.69) is 10.5 Å². The Kier molecular flexibility index (Phi) is 5.51. The van der Waals surface area contributed by atoms with Crippen LogP contribution in [-0.2, 0) is 4.84 Å². The van der Waals surface area contributed by atoms with Crippen LogP contribution in [0.5, 0.6) is 0 Å². The molecule has 2 aromatic carbocycles. The van der Waals surface area contributed by atoms with Gasteiger partial charge in [0.2, 0.25) is 5.78 Å². The lowest BCUT2D eigenvalue weighted by Gasteiger charge is -2.15. The quantitative estimate of drug-likeness (QED) is 0.523. The van der Waals surface area contributed by atoms with Gasteiger partial charge in [0.25, 0.3) is 0 Å². The molecule has 0 radical (unpaired) electrons. The fraction of sp³-hybridized carbons (Fsp3) is 0.190. The largest absolute Gasteiger partial charge is 0.304 e. The molecule has 0 aliphatic carbocycles. The number of benzene rings is 2. The summed E-state index contributed by atoms with van der Waals surface area (Å²) in [4.78, 5) is 34.7. The van der Waals surface area contributed by atoms with Crippen LogP contribution in [0.25, 0.3) is 10.9 Å². The molecule has 1 unspecified atom stereocenters. The number of aromatic nitrogens is 1. The molecule has 0 aliphatic rings. The molecule has 5 heteroatoms. The maximum atomic E-state index is 12.8. The van der Waals surface area contributed by atoms with Crippen molar-refractivity contribution in [2.45, 2.75) is 19.4 Å². The molecule has 0 saturated heterocycles. The Bertz CT molecular complexity index is 935. The van der Waals surface area contributed by atoms with Crippen LogP contribution in [-0.4, -0.2) is 29.7 Å². The van der Waals surface area contributed by atoms with Crippen molar-refractivity contribution < 1.29 is 14.4 Å². The van der Waals surface area contributed by atoms with E-state index in [4.69, 9.17) is 4.84 Å². The van der Waals surface area contributed by atoms with E-state index >= 15 is 0 Å². The monoisotopic (exact) mass is 348 g/mol. The Morgan fingerprint density at radius 3 is 2.50 bits per heavy atom. The molecule has 3 aromatic rings. The second-order valence-electron chi connectivity index (χ2n) is 6.12. The van der Waals surface area contributed by atoms with Crippen molar-refractivity contribution in [3.05, 3.63) is 77.5 Å². The van der Waals surface area contributed by atoms with Crippen LogP contribution in [0.1, 0.15) is 32.8 Å². The molecular weight excluding hydrogens is 328 g/mol. The number of nitrogens with one attached hydrogen (secondary N) is 1. The average molecular weight is 348 g/mol. The summed E-state index contributed by atoms with van der Waals surface area (Å²) in [6, 6.07) is 17.6. The molecule has 1 N–H and O–H groups in total. The number of carbonyl (C=O) groups is 2. The van der Waals surface area contributed by atoms with E-state index in [-0.39, 0.29) is 18.0 Å². The number of hydrogen-bond donors (Lipinski definition) is 1. The first-order valence-electron chi connectivity index (χ1n) is 8.37. The Balaban J connectivity index is 1.82. The Morgan fingerprint density at radius 2 is 1.77 bits per heavy atom. The normalized spacial score (nSPS) is 12.1. The number of carbonyl (C=O) groups excluding carboxylic acids is 2. The first kappa shape index (κ1) is 17.9. The minimum Gasteiger partial charge on any atom is -0.304 e. The van der Waals surface area contributed by atoms with Crippen molar-refractivity contribution in [2.75, 3.05) is 7.11 Å². The van der Waals surface area contributed by atoms with Crippen LogP contribution in [0.15, 0.2) is 60.7 Å². The highest BCUT2D eigenvalue weighted by Crippen LogP contribution is 2.15. The minimum atomic E-state index is -0.803. The fourth-order valence-electron chi connectivity index (χ4n) is 2.75. The van der Waals surface area contributed by atoms with Crippen molar-refractivity contribution in [1.29, 1.82) is 0 Å². The molecule has 3 rings (SSSR count). The number of hydroxylamine groups is 1. The highest BCUT2D eigenvalue weighted by atomic mass is 16.6. The summed E-state index contributed by atoms with van der Waals surface area (Å²) >= 11 is 0. The molecular formula is C21H20N2O3. The van der Waals surface area contributed by atoms with Crippen molar-refractivity contribution >= 4 is 22.5 Å². The number of ketones is 2. The van der Waals surface area contributed by atoms with Crippen molar-refractivity contribution in [3.8, 4) is 0 Å². The predicted molar refractivity (Wildman–Crippen MR) is 100 cm³/mol. The standard InChI is InChI=1S/C21H20N2O3/c1-14-7-9-16(10-8-14)20(24)13-19(23-26-2)21(25)18-12-11-15-5-3-4-6-17(15)22-18/h3-12,19,23H,13H2,1-2H3. The Morgan fingerprint density at radius 1 is 1.04 bits per heavy atom. The predicted octanol–water partition coefficient (Wildman–Crippen LogP) is 3.52. The van der Waals surface area contributed by atoms with Crippen LogP contribution >= 0.6 is 0 Å². The smallest absolute Gasteiger partial charge is 0.200 e. The van der Waals surface area contributed by atoms with Crippen LogP contribution in [0.2, 0.25) is 0 Å². The van der Waals surface area contributed by atoms with Gasteiger partial charge in [-0.2, -0.15) is 5.48 Å². The van der Waals surface area contributed by atoms with Crippen molar-refractivity contribution in [1.82, 2.24) is 10.5 Å². The zero-order chi connectivity index (χ0) is 18.5. The summed E-state index contributed by atoms with van der Waals surface area (Å²) in [5, 5.41) is 0.955. The lowest BCUT2D eigenvalue weighted by molar-refractivity contribution is 0.0471. The number of hydrogen-bond acceptors (Lipinski definition) is 5. The second kappa shape index (κ2) is 7.99. The van der Waals surface area contributed by atoms with Gasteiger partial charge in [-0.05, 0) is 19.1 Å². The fourth-order valence-corrected chi connectivity index (χ4v) is 2.75. The Hall–Kier alpha value is -2.89. The van der Waals surface area contributed by atoms with Gasteiger partial charge in [-0.1, -0.05) is 54.1 Å². The maximum Gasteiger partial charge on any atom is 0.200 e. The summed E-state index contributed by atoms with van der Waals surface area (Å²) in [6.07, 6.45) is -0.00968. The molecule has 132 valence electrons. The number of fused-ring (bicyclic) bond motifs is 1. The van der Waals surface area contributed by atoms with Gasteiger partial charge in [-0.3, -0.25) is 9.59 Å². The van der Waals surface area contributed by atoms with E-state index in [0.29, 0.717) is 11.3 Å². The number of nitrogens with zero attached hydrogens (tertiary/aromatic N) is 1. The topological polar surface area (TPSA) is 68.3 Å². The highest BCUT2D eigenvalue weighted by molar-refractivity contribution is 6.05. The van der Waals surface area contributed by atoms with Gasteiger partial charge >= 0.3 is 0 Å². The molecule has 0 fully saturated rings. The summed E-state index contributed by atoms with van der Waals surface area (Å²) in [6.45, 7) is 1.96. The van der Waals surface area contributed by atoms with Gasteiger partial charge in [-0.15, -0.1) is 0 Å². The summed E-state index contributed by atoms with van der Waals surface area (Å²) in [5.41, 5.74) is 5.31. The van der Waals surface area contributed by atoms with E-state index in [1.165, 1.54) is 7.11 Å². The van der Waals surface area contributed by atoms with Crippen LogP contribution in [0.3, 0.4) is 0 Å². The molecule has 1 atom stereocenters. The third kappa shape index (κ3) is 4.02. The van der Waals surface area contributed by atoms with E-state index in [0.717, 1.165) is 16.5 Å². The molecule has 0 bridgehead atoms. The van der Waals surface area contributed by atoms with Crippen LogP contribution in [0.4, 0.5) is 0 Å². The van der Waals surface area contributed by atoms with Gasteiger partial charge in [0.1, 0.15) is 11.7 Å². The number of rotatable bonds is 7. The van der Waals surface area contributed by atoms with E-state index in [1.54, 1.807) is 18.2 Å². The zero-order valence-electron chi connectivity index (χ0n) is 14.7. The molecule has 0 amide bonds. The lowest BCUT2D eigenvalue weighted by Crippen LogP contribution is -2.38. The van der Waals surface area contributed by atoms with Gasteiger partial charge in [0.15, 0.2) is 5.78 Å². The maximum absolute atomic E-state index is 12.8. The van der Waals surface area contributed by atoms with Crippen LogP contribution in [0, 0.1) is 6.92 Å². The third-order valence-corrected chi connectivity index (χ3v) is 4.19. The van der Waals surface area contributed by atoms with E-state index in [9.17, 15) is 9.59 Å². The summed E-state index contributed by atoms with van der Waals surface area (Å²) in [5.74, 6) is -0.410. The number of para-hydroxylation sites is 1. The molecule has 0 aliphatic heterocycles. The first-order valence-corrected chi connectivity index (χ1v) is 8.37. The molecule has 1 aromatic heterocycles. The number of Topliss-reactive ketones (excluding diaryl/α,β-unsaturated/α-hetero) is 2. The van der Waals surface area contributed by atoms with Gasteiger partial charge < -0.3 is 4.84 Å². The Labute approximate surface area is 152 Å². The highest BCUT2D eigenvalue weighted by Gasteiger charge is 2.25. The summed E-state index contributed by atoms with van der Waals surface area (Å²) < 4.78 is 0. The first-order chi connectivity index (χ1) is 12.6. The lowest BCUT2D eigenvalue weighted by atomic mass is 9.99. The molecule has 0 spiro atoms. The van der Waals surface area contributed by atoms with Crippen molar-refractivity contribution in [3.63, 3.8) is 0 Å².